The van der Waals surface area contributed by atoms with Crippen LogP contribution in [0.25, 0.3) is 0 Å². The Balaban J connectivity index is 2.68. The summed E-state index contributed by atoms with van der Waals surface area (Å²) in [6.45, 7) is 1.68. The van der Waals surface area contributed by atoms with Gasteiger partial charge in [0.05, 0.1) is 11.7 Å². The lowest BCUT2D eigenvalue weighted by molar-refractivity contribution is -0.168. The molecule has 0 aliphatic heterocycles. The van der Waals surface area contributed by atoms with Gasteiger partial charge in [0.25, 0.3) is 5.92 Å². The minimum absolute atomic E-state index is 0.175. The molecule has 2 N–H and O–H groups in total. The van der Waals surface area contributed by atoms with Crippen LogP contribution in [0.15, 0.2) is 0 Å². The van der Waals surface area contributed by atoms with Gasteiger partial charge < -0.3 is 10.2 Å². The van der Waals surface area contributed by atoms with E-state index in [4.69, 9.17) is 0 Å². The Hall–Kier alpha value is -0.220. The average Bonchev–Trinajstić information content (AvgIpc) is 2.00. The molecule has 1 aliphatic rings. The van der Waals surface area contributed by atoms with Crippen molar-refractivity contribution in [3.05, 3.63) is 0 Å². The topological polar surface area (TPSA) is 40.5 Å². The first-order valence-corrected chi connectivity index (χ1v) is 4.68. The smallest absolute Gasteiger partial charge is 0.251 e. The summed E-state index contributed by atoms with van der Waals surface area (Å²) in [5, 5.41) is 19.1. The van der Waals surface area contributed by atoms with Gasteiger partial charge in [-0.05, 0) is 19.3 Å². The van der Waals surface area contributed by atoms with Gasteiger partial charge in [-0.2, -0.15) is 0 Å². The van der Waals surface area contributed by atoms with Gasteiger partial charge in [-0.3, -0.25) is 0 Å². The number of hydrogen-bond acceptors (Lipinski definition) is 2. The lowest BCUT2D eigenvalue weighted by Gasteiger charge is -2.39. The number of hydrogen-bond donors (Lipinski definition) is 2. The quantitative estimate of drug-likeness (QED) is 0.702. The molecule has 1 aliphatic carbocycles. The van der Waals surface area contributed by atoms with Gasteiger partial charge in [0.2, 0.25) is 0 Å². The van der Waals surface area contributed by atoms with Crippen molar-refractivity contribution in [2.75, 3.05) is 0 Å². The molecule has 0 aromatic heterocycles. The van der Waals surface area contributed by atoms with Crippen molar-refractivity contribution in [2.24, 2.45) is 0 Å². The van der Waals surface area contributed by atoms with Crippen molar-refractivity contribution in [3.8, 4) is 0 Å². The van der Waals surface area contributed by atoms with E-state index in [1.165, 1.54) is 0 Å². The number of aliphatic hydroxyl groups is 2. The van der Waals surface area contributed by atoms with Crippen LogP contribution in [0.2, 0.25) is 0 Å². The first-order valence-electron chi connectivity index (χ1n) is 4.68. The van der Waals surface area contributed by atoms with Crippen LogP contribution in [0.4, 0.5) is 8.78 Å². The monoisotopic (exact) mass is 194 g/mol. The van der Waals surface area contributed by atoms with Crippen LogP contribution in [0, 0.1) is 0 Å². The van der Waals surface area contributed by atoms with Crippen molar-refractivity contribution in [3.63, 3.8) is 0 Å². The SMILES string of the molecule is CCC(O)C1(O)CCCC(F)(F)C1. The second-order valence-electron chi connectivity index (χ2n) is 3.91. The molecule has 1 rings (SSSR count). The molecule has 0 heterocycles. The molecule has 0 aromatic rings. The van der Waals surface area contributed by atoms with Crippen LogP contribution < -0.4 is 0 Å². The lowest BCUT2D eigenvalue weighted by Crippen LogP contribution is -2.49. The number of aliphatic hydroxyl groups excluding tert-OH is 1. The van der Waals surface area contributed by atoms with E-state index >= 15 is 0 Å². The van der Waals surface area contributed by atoms with Gasteiger partial charge in [0.1, 0.15) is 0 Å². The number of rotatable bonds is 2. The molecule has 78 valence electrons. The molecule has 0 bridgehead atoms. The van der Waals surface area contributed by atoms with E-state index in [2.05, 4.69) is 0 Å². The molecular weight excluding hydrogens is 178 g/mol. The van der Waals surface area contributed by atoms with Crippen LogP contribution in [0.3, 0.4) is 0 Å². The van der Waals surface area contributed by atoms with Crippen LogP contribution in [-0.4, -0.2) is 27.8 Å². The van der Waals surface area contributed by atoms with E-state index in [1.807, 2.05) is 0 Å². The number of halogens is 2. The first-order chi connectivity index (χ1) is 5.90. The average molecular weight is 194 g/mol. The van der Waals surface area contributed by atoms with Crippen LogP contribution >= 0.6 is 0 Å². The minimum Gasteiger partial charge on any atom is -0.390 e. The highest BCUT2D eigenvalue weighted by Gasteiger charge is 2.47. The van der Waals surface area contributed by atoms with E-state index in [0.717, 1.165) is 0 Å². The van der Waals surface area contributed by atoms with Crippen LogP contribution in [0.1, 0.15) is 39.0 Å². The Morgan fingerprint density at radius 2 is 2.00 bits per heavy atom. The second kappa shape index (κ2) is 3.50. The third-order valence-corrected chi connectivity index (χ3v) is 2.72. The van der Waals surface area contributed by atoms with E-state index in [1.54, 1.807) is 6.92 Å². The maximum absolute atomic E-state index is 12.9. The molecule has 2 unspecified atom stereocenters. The molecule has 0 spiro atoms. The zero-order valence-electron chi connectivity index (χ0n) is 7.76. The zero-order valence-corrected chi connectivity index (χ0v) is 7.76. The Morgan fingerprint density at radius 1 is 1.38 bits per heavy atom. The van der Waals surface area contributed by atoms with Gasteiger partial charge in [-0.1, -0.05) is 6.92 Å². The van der Waals surface area contributed by atoms with Gasteiger partial charge in [-0.25, -0.2) is 8.78 Å². The molecular formula is C9H16F2O2. The molecule has 1 saturated carbocycles. The standard InChI is InChI=1S/C9H16F2O2/c1-2-7(12)8(13)4-3-5-9(10,11)6-8/h7,12-13H,2-6H2,1H3. The Morgan fingerprint density at radius 3 is 2.46 bits per heavy atom. The van der Waals surface area contributed by atoms with Crippen molar-refractivity contribution in [1.29, 1.82) is 0 Å². The second-order valence-corrected chi connectivity index (χ2v) is 3.91. The normalized spacial score (nSPS) is 35.8. The Labute approximate surface area is 76.6 Å². The highest BCUT2D eigenvalue weighted by molar-refractivity contribution is 4.94. The maximum Gasteiger partial charge on any atom is 0.251 e. The number of alkyl halides is 2. The van der Waals surface area contributed by atoms with Crippen molar-refractivity contribution >= 4 is 0 Å². The third kappa shape index (κ3) is 2.38. The fraction of sp³-hybridized carbons (Fsp3) is 1.00. The lowest BCUT2D eigenvalue weighted by atomic mass is 9.78. The fourth-order valence-corrected chi connectivity index (χ4v) is 1.94. The third-order valence-electron chi connectivity index (χ3n) is 2.72. The van der Waals surface area contributed by atoms with E-state index in [0.29, 0.717) is 6.42 Å². The molecule has 0 amide bonds. The maximum atomic E-state index is 12.9. The molecule has 0 saturated heterocycles. The summed E-state index contributed by atoms with van der Waals surface area (Å²) in [5.41, 5.74) is -1.57. The molecule has 1 fully saturated rings. The summed E-state index contributed by atoms with van der Waals surface area (Å²) >= 11 is 0. The molecule has 2 nitrogen and oxygen atoms in total. The molecule has 0 radical (unpaired) electrons. The molecule has 4 heteroatoms. The van der Waals surface area contributed by atoms with Crippen LogP contribution in [0.5, 0.6) is 0 Å². The minimum atomic E-state index is -2.82. The van der Waals surface area contributed by atoms with Crippen molar-refractivity contribution in [1.82, 2.24) is 0 Å². The summed E-state index contributed by atoms with van der Waals surface area (Å²) in [7, 11) is 0. The fourth-order valence-electron chi connectivity index (χ4n) is 1.94. The molecule has 0 aromatic carbocycles. The van der Waals surface area contributed by atoms with Crippen LogP contribution in [-0.2, 0) is 0 Å². The highest BCUT2D eigenvalue weighted by Crippen LogP contribution is 2.41. The highest BCUT2D eigenvalue weighted by atomic mass is 19.3. The molecule has 13 heavy (non-hydrogen) atoms. The van der Waals surface area contributed by atoms with E-state index < -0.39 is 24.0 Å². The molecule has 2 atom stereocenters. The summed E-state index contributed by atoms with van der Waals surface area (Å²) < 4.78 is 25.9. The van der Waals surface area contributed by atoms with E-state index in [9.17, 15) is 19.0 Å². The van der Waals surface area contributed by atoms with Gasteiger partial charge in [0.15, 0.2) is 0 Å². The Kier molecular flexibility index (Phi) is 2.92. The first kappa shape index (κ1) is 10.9. The van der Waals surface area contributed by atoms with Crippen molar-refractivity contribution in [2.45, 2.75) is 56.7 Å². The van der Waals surface area contributed by atoms with Gasteiger partial charge in [-0.15, -0.1) is 0 Å². The zero-order chi connectivity index (χ0) is 10.1. The van der Waals surface area contributed by atoms with Gasteiger partial charge in [0, 0.05) is 12.8 Å². The summed E-state index contributed by atoms with van der Waals surface area (Å²) in [6, 6.07) is 0. The van der Waals surface area contributed by atoms with E-state index in [-0.39, 0.29) is 19.3 Å². The largest absolute Gasteiger partial charge is 0.390 e. The predicted molar refractivity (Wildman–Crippen MR) is 44.7 cm³/mol. The summed E-state index contributed by atoms with van der Waals surface area (Å²) in [4.78, 5) is 0. The summed E-state index contributed by atoms with van der Waals surface area (Å²) in [5.74, 6) is -2.82. The van der Waals surface area contributed by atoms with Gasteiger partial charge >= 0.3 is 0 Å². The van der Waals surface area contributed by atoms with Crippen molar-refractivity contribution < 1.29 is 19.0 Å². The Bertz CT molecular complexity index is 184. The summed E-state index contributed by atoms with van der Waals surface area (Å²) in [6.07, 6.45) is -0.940. The predicted octanol–water partition coefficient (Wildman–Crippen LogP) is 1.70.